The SMILES string of the molecule is COc1ccc(S(=O)(=O)N[C@H](C)[C@@H]2c3cc(OC)c(OC)cc3CCN2Cc2ccc(C)cc2)cc1. The van der Waals surface area contributed by atoms with Crippen LogP contribution in [0, 0.1) is 6.92 Å². The molecule has 192 valence electrons. The van der Waals surface area contributed by atoms with Crippen LogP contribution in [0.4, 0.5) is 0 Å². The molecule has 3 aromatic carbocycles. The van der Waals surface area contributed by atoms with Gasteiger partial charge in [-0.25, -0.2) is 13.1 Å². The van der Waals surface area contributed by atoms with Crippen LogP contribution in [0.5, 0.6) is 17.2 Å². The van der Waals surface area contributed by atoms with E-state index in [1.807, 2.05) is 19.1 Å². The van der Waals surface area contributed by atoms with Crippen molar-refractivity contribution in [3.63, 3.8) is 0 Å². The summed E-state index contributed by atoms with van der Waals surface area (Å²) < 4.78 is 45.8. The number of aryl methyl sites for hydroxylation is 1. The van der Waals surface area contributed by atoms with E-state index >= 15 is 0 Å². The third-order valence-electron chi connectivity index (χ3n) is 6.72. The van der Waals surface area contributed by atoms with Gasteiger partial charge >= 0.3 is 0 Å². The monoisotopic (exact) mass is 510 g/mol. The molecule has 1 N–H and O–H groups in total. The molecule has 0 spiro atoms. The average molecular weight is 511 g/mol. The number of benzene rings is 3. The van der Waals surface area contributed by atoms with Gasteiger partial charge in [0.1, 0.15) is 5.75 Å². The second-order valence-electron chi connectivity index (χ2n) is 9.14. The zero-order valence-corrected chi connectivity index (χ0v) is 22.3. The zero-order valence-electron chi connectivity index (χ0n) is 21.4. The summed E-state index contributed by atoms with van der Waals surface area (Å²) in [4.78, 5) is 2.53. The van der Waals surface area contributed by atoms with E-state index in [4.69, 9.17) is 14.2 Å². The number of methoxy groups -OCH3 is 3. The Morgan fingerprint density at radius 3 is 2.19 bits per heavy atom. The number of hydrogen-bond donors (Lipinski definition) is 1. The van der Waals surface area contributed by atoms with Gasteiger partial charge in [0, 0.05) is 19.1 Å². The Morgan fingerprint density at radius 2 is 1.58 bits per heavy atom. The topological polar surface area (TPSA) is 77.1 Å². The van der Waals surface area contributed by atoms with Crippen molar-refractivity contribution < 1.29 is 22.6 Å². The number of nitrogens with zero attached hydrogens (tertiary/aromatic N) is 1. The van der Waals surface area contributed by atoms with Crippen LogP contribution in [-0.2, 0) is 23.0 Å². The first-order chi connectivity index (χ1) is 17.2. The molecular weight excluding hydrogens is 476 g/mol. The molecule has 2 atom stereocenters. The molecule has 0 unspecified atom stereocenters. The van der Waals surface area contributed by atoms with Crippen molar-refractivity contribution in [2.24, 2.45) is 0 Å². The number of fused-ring (bicyclic) bond motifs is 1. The Morgan fingerprint density at radius 1 is 0.944 bits per heavy atom. The van der Waals surface area contributed by atoms with Gasteiger partial charge in [-0.3, -0.25) is 4.90 Å². The Hall–Kier alpha value is -3.07. The fourth-order valence-electron chi connectivity index (χ4n) is 4.85. The summed E-state index contributed by atoms with van der Waals surface area (Å²) in [6, 6.07) is 18.2. The molecule has 0 fully saturated rings. The van der Waals surface area contributed by atoms with E-state index in [0.717, 1.165) is 24.1 Å². The van der Waals surface area contributed by atoms with Crippen LogP contribution in [0.15, 0.2) is 65.6 Å². The maximum Gasteiger partial charge on any atom is 0.240 e. The summed E-state index contributed by atoms with van der Waals surface area (Å²) >= 11 is 0. The van der Waals surface area contributed by atoms with Crippen LogP contribution in [0.3, 0.4) is 0 Å². The van der Waals surface area contributed by atoms with E-state index in [-0.39, 0.29) is 10.9 Å². The van der Waals surface area contributed by atoms with Crippen molar-refractivity contribution >= 4 is 10.0 Å². The van der Waals surface area contributed by atoms with Crippen LogP contribution in [-0.4, -0.2) is 47.2 Å². The predicted octanol–water partition coefficient (Wildman–Crippen LogP) is 4.49. The minimum Gasteiger partial charge on any atom is -0.497 e. The largest absolute Gasteiger partial charge is 0.497 e. The average Bonchev–Trinajstić information content (AvgIpc) is 2.88. The highest BCUT2D eigenvalue weighted by atomic mass is 32.2. The van der Waals surface area contributed by atoms with Gasteiger partial charge in [0.25, 0.3) is 0 Å². The summed E-state index contributed by atoms with van der Waals surface area (Å²) in [7, 11) is 1.03. The lowest BCUT2D eigenvalue weighted by Crippen LogP contribution is -2.47. The number of sulfonamides is 1. The quantitative estimate of drug-likeness (QED) is 0.457. The summed E-state index contributed by atoms with van der Waals surface area (Å²) in [5.74, 6) is 1.91. The lowest BCUT2D eigenvalue weighted by molar-refractivity contribution is 0.150. The van der Waals surface area contributed by atoms with Crippen LogP contribution < -0.4 is 18.9 Å². The second-order valence-corrected chi connectivity index (χ2v) is 10.9. The van der Waals surface area contributed by atoms with Crippen LogP contribution >= 0.6 is 0 Å². The molecule has 0 aromatic heterocycles. The molecule has 1 aliphatic heterocycles. The number of nitrogens with one attached hydrogen (secondary N) is 1. The van der Waals surface area contributed by atoms with Crippen molar-refractivity contribution in [3.8, 4) is 17.2 Å². The van der Waals surface area contributed by atoms with Crippen LogP contribution in [0.2, 0.25) is 0 Å². The molecule has 3 aromatic rings. The third kappa shape index (κ3) is 5.51. The van der Waals surface area contributed by atoms with Crippen LogP contribution in [0.1, 0.15) is 35.2 Å². The van der Waals surface area contributed by atoms with Crippen LogP contribution in [0.25, 0.3) is 0 Å². The third-order valence-corrected chi connectivity index (χ3v) is 8.29. The summed E-state index contributed by atoms with van der Waals surface area (Å²) in [5, 5.41) is 0. The van der Waals surface area contributed by atoms with Crippen molar-refractivity contribution in [1.82, 2.24) is 9.62 Å². The Bertz CT molecular complexity index is 1290. The molecule has 0 bridgehead atoms. The van der Waals surface area contributed by atoms with Gasteiger partial charge in [-0.05, 0) is 73.4 Å². The maximum absolute atomic E-state index is 13.3. The molecule has 0 saturated heterocycles. The minimum absolute atomic E-state index is 0.198. The smallest absolute Gasteiger partial charge is 0.240 e. The lowest BCUT2D eigenvalue weighted by Gasteiger charge is -2.41. The van der Waals surface area contributed by atoms with E-state index < -0.39 is 16.1 Å². The van der Waals surface area contributed by atoms with E-state index in [9.17, 15) is 8.42 Å². The summed E-state index contributed by atoms with van der Waals surface area (Å²) in [5.41, 5.74) is 4.56. The Labute approximate surface area is 214 Å². The number of ether oxygens (including phenoxy) is 3. The molecule has 0 amide bonds. The maximum atomic E-state index is 13.3. The van der Waals surface area contributed by atoms with Gasteiger partial charge in [-0.2, -0.15) is 0 Å². The van der Waals surface area contributed by atoms with E-state index in [0.29, 0.717) is 23.8 Å². The fourth-order valence-corrected chi connectivity index (χ4v) is 6.10. The fraction of sp³-hybridized carbons (Fsp3) is 0.357. The van der Waals surface area contributed by atoms with Gasteiger partial charge < -0.3 is 14.2 Å². The van der Waals surface area contributed by atoms with E-state index in [1.54, 1.807) is 45.6 Å². The van der Waals surface area contributed by atoms with Crippen molar-refractivity contribution in [2.45, 2.75) is 43.8 Å². The van der Waals surface area contributed by atoms with E-state index in [1.165, 1.54) is 11.1 Å². The molecule has 1 aliphatic rings. The van der Waals surface area contributed by atoms with Gasteiger partial charge in [0.15, 0.2) is 11.5 Å². The number of hydrogen-bond acceptors (Lipinski definition) is 6. The standard InChI is InChI=1S/C28H34N2O5S/c1-19-6-8-21(9-7-19)18-30-15-14-22-16-26(34-4)27(35-5)17-25(22)28(30)20(2)29-36(31,32)24-12-10-23(33-3)11-13-24/h6-13,16-17,20,28-29H,14-15,18H2,1-5H3/t20-,28-/m1/s1. The first-order valence-corrected chi connectivity index (χ1v) is 13.4. The minimum atomic E-state index is -3.75. The van der Waals surface area contributed by atoms with Crippen molar-refractivity contribution in [3.05, 3.63) is 82.9 Å². The molecule has 0 radical (unpaired) electrons. The summed E-state index contributed by atoms with van der Waals surface area (Å²) in [6.45, 7) is 5.47. The van der Waals surface area contributed by atoms with Crippen molar-refractivity contribution in [2.75, 3.05) is 27.9 Å². The Balaban J connectivity index is 1.70. The lowest BCUT2D eigenvalue weighted by atomic mass is 9.88. The molecule has 0 aliphatic carbocycles. The van der Waals surface area contributed by atoms with Gasteiger partial charge in [0.2, 0.25) is 10.0 Å². The summed E-state index contributed by atoms with van der Waals surface area (Å²) in [6.07, 6.45) is 0.829. The number of rotatable bonds is 9. The highest BCUT2D eigenvalue weighted by molar-refractivity contribution is 7.89. The highest BCUT2D eigenvalue weighted by Gasteiger charge is 2.35. The van der Waals surface area contributed by atoms with Gasteiger partial charge in [0.05, 0.1) is 32.3 Å². The molecule has 1 heterocycles. The molecule has 7 nitrogen and oxygen atoms in total. The van der Waals surface area contributed by atoms with Gasteiger partial charge in [-0.15, -0.1) is 0 Å². The van der Waals surface area contributed by atoms with Crippen molar-refractivity contribution in [1.29, 1.82) is 0 Å². The van der Waals surface area contributed by atoms with Gasteiger partial charge in [-0.1, -0.05) is 29.8 Å². The Kier molecular flexibility index (Phi) is 7.88. The normalized spacial score (nSPS) is 16.8. The zero-order chi connectivity index (χ0) is 25.9. The molecule has 0 saturated carbocycles. The predicted molar refractivity (Wildman–Crippen MR) is 140 cm³/mol. The molecule has 36 heavy (non-hydrogen) atoms. The van der Waals surface area contributed by atoms with E-state index in [2.05, 4.69) is 40.8 Å². The molecular formula is C28H34N2O5S. The highest BCUT2D eigenvalue weighted by Crippen LogP contribution is 2.40. The first kappa shape index (κ1) is 26.0. The second kappa shape index (κ2) is 10.9. The molecule has 4 rings (SSSR count). The first-order valence-electron chi connectivity index (χ1n) is 12.0. The molecule has 8 heteroatoms.